The maximum Gasteiger partial charge on any atom is 0.247 e. The van der Waals surface area contributed by atoms with Crippen molar-refractivity contribution in [3.05, 3.63) is 29.8 Å². The van der Waals surface area contributed by atoms with Crippen LogP contribution in [0.25, 0.3) is 0 Å². The lowest BCUT2D eigenvalue weighted by atomic mass is 9.98. The molecule has 3 saturated heterocycles. The molecule has 0 saturated carbocycles. The van der Waals surface area contributed by atoms with E-state index >= 15 is 0 Å². The summed E-state index contributed by atoms with van der Waals surface area (Å²) in [6.07, 6.45) is 4.73. The number of carbonyl (C=O) groups is 5. The van der Waals surface area contributed by atoms with Crippen LogP contribution in [0.2, 0.25) is 0 Å². The minimum atomic E-state index is -0.639. The standard InChI is InChI=1S/C26H36N6O5/c1-15(27-2)23(34)31-19-9-4-3-8-18-10-11-21(32(18)26(19)37)25(36)28-14-16-6-5-7-17(12-16)29-24(35)20-13-22(33)30-20/h5-7,12,15,18-21,27H,3-4,8-11,13-14H2,1-2H3,(H,28,36)(H,29,35)(H,30,33)(H,31,34)/t15-,18-,19-,20-,21-/m0/s1. The Balaban J connectivity index is 1.37. The Labute approximate surface area is 216 Å². The normalized spacial score (nSPS) is 26.1. The predicted octanol–water partition coefficient (Wildman–Crippen LogP) is 0.156. The second-order valence-corrected chi connectivity index (χ2v) is 10.1. The van der Waals surface area contributed by atoms with Crippen molar-refractivity contribution in [2.45, 2.75) is 88.6 Å². The van der Waals surface area contributed by atoms with Crippen molar-refractivity contribution in [2.24, 2.45) is 0 Å². The number of anilines is 1. The zero-order valence-electron chi connectivity index (χ0n) is 21.3. The lowest BCUT2D eigenvalue weighted by Gasteiger charge is -2.35. The van der Waals surface area contributed by atoms with E-state index in [9.17, 15) is 24.0 Å². The second kappa shape index (κ2) is 11.7. The van der Waals surface area contributed by atoms with E-state index in [-0.39, 0.29) is 48.5 Å². The summed E-state index contributed by atoms with van der Waals surface area (Å²) >= 11 is 0. The average molecular weight is 513 g/mol. The lowest BCUT2D eigenvalue weighted by Crippen LogP contribution is -2.57. The maximum absolute atomic E-state index is 13.5. The van der Waals surface area contributed by atoms with Crippen molar-refractivity contribution in [2.75, 3.05) is 12.4 Å². The molecule has 11 heteroatoms. The number of amides is 5. The third-order valence-electron chi connectivity index (χ3n) is 7.48. The fourth-order valence-corrected chi connectivity index (χ4v) is 5.16. The molecule has 4 rings (SSSR count). The SMILES string of the molecule is CN[C@@H](C)C(=O)N[C@H]1CCCC[C@H]2CC[C@@H](C(=O)NCc3cccc(NC(=O)[C@@H]4CC(=O)N4)c3)N2C1=O. The zero-order valence-corrected chi connectivity index (χ0v) is 21.3. The molecule has 1 aromatic rings. The molecule has 5 amide bonds. The van der Waals surface area contributed by atoms with Crippen LogP contribution in [0.3, 0.4) is 0 Å². The number of rotatable bonds is 8. The number of likely N-dealkylation sites (N-methyl/N-ethyl adjacent to an activating group) is 1. The monoisotopic (exact) mass is 512 g/mol. The summed E-state index contributed by atoms with van der Waals surface area (Å²) < 4.78 is 0. The summed E-state index contributed by atoms with van der Waals surface area (Å²) in [5.41, 5.74) is 1.37. The summed E-state index contributed by atoms with van der Waals surface area (Å²) in [6.45, 7) is 1.98. The summed E-state index contributed by atoms with van der Waals surface area (Å²) in [6, 6.07) is 4.98. The van der Waals surface area contributed by atoms with Gasteiger partial charge in [0.25, 0.3) is 0 Å². The quantitative estimate of drug-likeness (QED) is 0.313. The highest BCUT2D eigenvalue weighted by molar-refractivity contribution is 6.03. The van der Waals surface area contributed by atoms with Crippen molar-refractivity contribution in [3.63, 3.8) is 0 Å². The van der Waals surface area contributed by atoms with E-state index in [1.165, 1.54) is 0 Å². The van der Waals surface area contributed by atoms with Crippen molar-refractivity contribution >= 4 is 35.2 Å². The van der Waals surface area contributed by atoms with Gasteiger partial charge in [0.05, 0.1) is 12.5 Å². The van der Waals surface area contributed by atoms with Gasteiger partial charge in [-0.3, -0.25) is 24.0 Å². The van der Waals surface area contributed by atoms with Crippen molar-refractivity contribution in [3.8, 4) is 0 Å². The topological polar surface area (TPSA) is 149 Å². The summed E-state index contributed by atoms with van der Waals surface area (Å²) in [5.74, 6) is -1.07. The molecular formula is C26H36N6O5. The Bertz CT molecular complexity index is 1050. The van der Waals surface area contributed by atoms with E-state index < -0.39 is 24.2 Å². The van der Waals surface area contributed by atoms with Gasteiger partial charge in [-0.1, -0.05) is 25.0 Å². The number of hydrogen-bond acceptors (Lipinski definition) is 6. The maximum atomic E-state index is 13.5. The average Bonchev–Trinajstić information content (AvgIpc) is 3.28. The van der Waals surface area contributed by atoms with Crippen molar-refractivity contribution in [1.82, 2.24) is 26.2 Å². The van der Waals surface area contributed by atoms with E-state index in [1.807, 2.05) is 6.07 Å². The molecule has 200 valence electrons. The highest BCUT2D eigenvalue weighted by Crippen LogP contribution is 2.31. The number of nitrogens with zero attached hydrogens (tertiary/aromatic N) is 1. The Kier molecular flexibility index (Phi) is 8.42. The van der Waals surface area contributed by atoms with Gasteiger partial charge in [-0.25, -0.2) is 0 Å². The molecule has 0 unspecified atom stereocenters. The van der Waals surface area contributed by atoms with Crippen LogP contribution in [0.4, 0.5) is 5.69 Å². The molecule has 1 aromatic carbocycles. The van der Waals surface area contributed by atoms with Gasteiger partial charge in [0, 0.05) is 18.3 Å². The van der Waals surface area contributed by atoms with Gasteiger partial charge in [-0.05, 0) is 57.4 Å². The summed E-state index contributed by atoms with van der Waals surface area (Å²) in [4.78, 5) is 64.1. The summed E-state index contributed by atoms with van der Waals surface area (Å²) in [5, 5.41) is 14.0. The number of β-lactam (4-membered cyclic amide) rings is 1. The number of benzene rings is 1. The first-order chi connectivity index (χ1) is 17.8. The Morgan fingerprint density at radius 1 is 1.08 bits per heavy atom. The van der Waals surface area contributed by atoms with E-state index in [0.29, 0.717) is 18.5 Å². The van der Waals surface area contributed by atoms with E-state index in [1.54, 1.807) is 37.1 Å². The predicted molar refractivity (Wildman–Crippen MR) is 136 cm³/mol. The minimum Gasteiger partial charge on any atom is -0.350 e. The van der Waals surface area contributed by atoms with Gasteiger partial charge < -0.3 is 31.5 Å². The molecule has 3 aliphatic rings. The Morgan fingerprint density at radius 2 is 1.84 bits per heavy atom. The van der Waals surface area contributed by atoms with Gasteiger partial charge in [0.15, 0.2) is 0 Å². The first-order valence-electron chi connectivity index (χ1n) is 13.0. The molecule has 0 radical (unpaired) electrons. The zero-order chi connectivity index (χ0) is 26.5. The third-order valence-corrected chi connectivity index (χ3v) is 7.48. The van der Waals surface area contributed by atoms with Gasteiger partial charge >= 0.3 is 0 Å². The fraction of sp³-hybridized carbons (Fsp3) is 0.577. The molecule has 0 aromatic heterocycles. The number of fused-ring (bicyclic) bond motifs is 1. The Morgan fingerprint density at radius 3 is 2.57 bits per heavy atom. The van der Waals surface area contributed by atoms with Gasteiger partial charge in [0.2, 0.25) is 29.5 Å². The van der Waals surface area contributed by atoms with Crippen molar-refractivity contribution < 1.29 is 24.0 Å². The third kappa shape index (κ3) is 6.27. The Hall–Kier alpha value is -3.47. The van der Waals surface area contributed by atoms with Crippen LogP contribution in [0.15, 0.2) is 24.3 Å². The molecule has 11 nitrogen and oxygen atoms in total. The largest absolute Gasteiger partial charge is 0.350 e. The first-order valence-corrected chi connectivity index (χ1v) is 13.0. The van der Waals surface area contributed by atoms with Crippen LogP contribution in [0.5, 0.6) is 0 Å². The molecule has 37 heavy (non-hydrogen) atoms. The summed E-state index contributed by atoms with van der Waals surface area (Å²) in [7, 11) is 1.69. The molecular weight excluding hydrogens is 476 g/mol. The smallest absolute Gasteiger partial charge is 0.247 e. The highest BCUT2D eigenvalue weighted by Gasteiger charge is 2.44. The molecule has 0 aliphatic carbocycles. The molecule has 3 fully saturated rings. The van der Waals surface area contributed by atoms with Crippen LogP contribution in [0, 0.1) is 0 Å². The molecule has 3 heterocycles. The van der Waals surface area contributed by atoms with Crippen LogP contribution in [-0.2, 0) is 30.5 Å². The van der Waals surface area contributed by atoms with Gasteiger partial charge in [-0.15, -0.1) is 0 Å². The van der Waals surface area contributed by atoms with E-state index in [4.69, 9.17) is 0 Å². The second-order valence-electron chi connectivity index (χ2n) is 10.1. The van der Waals surface area contributed by atoms with Crippen LogP contribution >= 0.6 is 0 Å². The number of carbonyl (C=O) groups excluding carboxylic acids is 5. The number of hydrogen-bond donors (Lipinski definition) is 5. The highest BCUT2D eigenvalue weighted by atomic mass is 16.2. The molecule has 0 spiro atoms. The van der Waals surface area contributed by atoms with E-state index in [2.05, 4.69) is 26.6 Å². The van der Waals surface area contributed by atoms with Crippen LogP contribution in [-0.4, -0.2) is 71.7 Å². The molecule has 0 bridgehead atoms. The minimum absolute atomic E-state index is 0.00443. The molecule has 3 aliphatic heterocycles. The molecule has 5 N–H and O–H groups in total. The van der Waals surface area contributed by atoms with Gasteiger partial charge in [-0.2, -0.15) is 0 Å². The van der Waals surface area contributed by atoms with Crippen molar-refractivity contribution in [1.29, 1.82) is 0 Å². The van der Waals surface area contributed by atoms with Crippen LogP contribution < -0.4 is 26.6 Å². The number of nitrogens with one attached hydrogen (secondary N) is 5. The lowest BCUT2D eigenvalue weighted by molar-refractivity contribution is -0.144. The van der Waals surface area contributed by atoms with E-state index in [0.717, 1.165) is 31.2 Å². The van der Waals surface area contributed by atoms with Gasteiger partial charge in [0.1, 0.15) is 18.1 Å². The molecule has 5 atom stereocenters. The first kappa shape index (κ1) is 26.6. The fourth-order valence-electron chi connectivity index (χ4n) is 5.16. The van der Waals surface area contributed by atoms with Crippen LogP contribution in [0.1, 0.15) is 57.4 Å².